The molecule has 186 valence electrons. The molecule has 0 radical (unpaired) electrons. The van der Waals surface area contributed by atoms with E-state index in [-0.39, 0.29) is 23.7 Å². The molecule has 0 bridgehead atoms. The number of nitrogens with two attached hydrogens (primary N) is 2. The topological polar surface area (TPSA) is 136 Å². The highest BCUT2D eigenvalue weighted by molar-refractivity contribution is 8.03. The highest BCUT2D eigenvalue weighted by Gasteiger charge is 2.39. The fraction of sp³-hybridized carbons (Fsp3) is 0.545. The van der Waals surface area contributed by atoms with Gasteiger partial charge in [-0.25, -0.2) is 4.21 Å². The molecule has 4 rings (SSSR count). The number of likely N-dealkylation sites (tertiary alicyclic amines) is 1. The molecule has 34 heavy (non-hydrogen) atoms. The monoisotopic (exact) mass is 508 g/mol. The highest BCUT2D eigenvalue weighted by atomic mass is 32.2. The number of carbonyl (C=O) groups is 2. The molecule has 0 spiro atoms. The van der Waals surface area contributed by atoms with Crippen molar-refractivity contribution in [1.82, 2.24) is 9.80 Å². The average molecular weight is 509 g/mol. The maximum Gasteiger partial charge on any atom is 0.265 e. The van der Waals surface area contributed by atoms with Gasteiger partial charge in [-0.15, -0.1) is 11.8 Å². The van der Waals surface area contributed by atoms with Crippen molar-refractivity contribution in [2.24, 2.45) is 17.4 Å². The van der Waals surface area contributed by atoms with Crippen LogP contribution >= 0.6 is 11.8 Å². The molecule has 2 fully saturated rings. The fourth-order valence-corrected chi connectivity index (χ4v) is 6.89. The SMILES string of the molecule is NC(=O)CN1CCN(c2ccccc2N2C(C(N)=O)=CSC2C2CCN(CS(=O)O)CC2)CC1. The van der Waals surface area contributed by atoms with E-state index in [0.29, 0.717) is 11.6 Å². The molecule has 12 heteroatoms. The van der Waals surface area contributed by atoms with Gasteiger partial charge in [0.25, 0.3) is 5.91 Å². The van der Waals surface area contributed by atoms with Crippen molar-refractivity contribution in [2.75, 3.05) is 61.5 Å². The molecule has 2 atom stereocenters. The molecular weight excluding hydrogens is 476 g/mol. The molecule has 0 aliphatic carbocycles. The van der Waals surface area contributed by atoms with Gasteiger partial charge in [0.15, 0.2) is 11.1 Å². The van der Waals surface area contributed by atoms with Gasteiger partial charge in [-0.1, -0.05) is 12.1 Å². The Morgan fingerprint density at radius 3 is 2.24 bits per heavy atom. The van der Waals surface area contributed by atoms with Gasteiger partial charge in [-0.3, -0.25) is 19.4 Å². The number of rotatable bonds is 8. The Labute approximate surface area is 206 Å². The maximum atomic E-state index is 12.4. The Morgan fingerprint density at radius 2 is 1.65 bits per heavy atom. The van der Waals surface area contributed by atoms with Crippen LogP contribution in [-0.4, -0.2) is 87.4 Å². The lowest BCUT2D eigenvalue weighted by Gasteiger charge is -2.41. The summed E-state index contributed by atoms with van der Waals surface area (Å²) in [4.78, 5) is 32.1. The van der Waals surface area contributed by atoms with Crippen molar-refractivity contribution in [1.29, 1.82) is 0 Å². The van der Waals surface area contributed by atoms with E-state index < -0.39 is 17.0 Å². The Kier molecular flexibility index (Phi) is 8.14. The molecule has 1 aromatic carbocycles. The third-order valence-corrected chi connectivity index (χ3v) is 8.47. The zero-order chi connectivity index (χ0) is 24.2. The van der Waals surface area contributed by atoms with Crippen molar-refractivity contribution in [2.45, 2.75) is 18.2 Å². The molecule has 10 nitrogen and oxygen atoms in total. The van der Waals surface area contributed by atoms with Crippen molar-refractivity contribution < 1.29 is 18.4 Å². The first-order valence-corrected chi connectivity index (χ1v) is 13.6. The second kappa shape index (κ2) is 11.1. The van der Waals surface area contributed by atoms with Gasteiger partial charge in [0.05, 0.1) is 23.3 Å². The third kappa shape index (κ3) is 5.74. The molecule has 2 unspecified atom stereocenters. The van der Waals surface area contributed by atoms with Crippen LogP contribution in [-0.2, 0) is 20.7 Å². The van der Waals surface area contributed by atoms with Gasteiger partial charge in [0.1, 0.15) is 11.6 Å². The Hall–Kier alpha value is -2.12. The number of para-hydroxylation sites is 2. The van der Waals surface area contributed by atoms with Gasteiger partial charge in [0.2, 0.25) is 5.91 Å². The van der Waals surface area contributed by atoms with E-state index in [0.717, 1.165) is 63.5 Å². The predicted octanol–water partition coefficient (Wildman–Crippen LogP) is 0.391. The van der Waals surface area contributed by atoms with Crippen molar-refractivity contribution in [3.05, 3.63) is 35.4 Å². The first kappa shape index (κ1) is 25.0. The summed E-state index contributed by atoms with van der Waals surface area (Å²) in [5.41, 5.74) is 13.6. The van der Waals surface area contributed by atoms with Gasteiger partial charge >= 0.3 is 0 Å². The summed E-state index contributed by atoms with van der Waals surface area (Å²) in [5, 5.41) is 1.89. The van der Waals surface area contributed by atoms with Crippen LogP contribution in [0.1, 0.15) is 12.8 Å². The molecule has 3 aliphatic rings. The predicted molar refractivity (Wildman–Crippen MR) is 135 cm³/mol. The van der Waals surface area contributed by atoms with Crippen LogP contribution in [0.3, 0.4) is 0 Å². The first-order valence-electron chi connectivity index (χ1n) is 11.4. The lowest BCUT2D eigenvalue weighted by atomic mass is 9.95. The number of hydrogen-bond acceptors (Lipinski definition) is 8. The number of amides is 2. The van der Waals surface area contributed by atoms with E-state index in [1.807, 2.05) is 28.5 Å². The van der Waals surface area contributed by atoms with E-state index in [2.05, 4.69) is 20.8 Å². The summed E-state index contributed by atoms with van der Waals surface area (Å²) in [6.07, 6.45) is 1.75. The molecule has 3 heterocycles. The molecule has 1 aromatic rings. The van der Waals surface area contributed by atoms with Gasteiger partial charge < -0.3 is 25.8 Å². The molecule has 0 aromatic heterocycles. The minimum absolute atomic E-state index is 0.0292. The summed E-state index contributed by atoms with van der Waals surface area (Å²) >= 11 is -0.210. The van der Waals surface area contributed by atoms with Crippen molar-refractivity contribution in [3.63, 3.8) is 0 Å². The molecule has 5 N–H and O–H groups in total. The Bertz CT molecular complexity index is 960. The lowest BCUT2D eigenvalue weighted by molar-refractivity contribution is -0.119. The van der Waals surface area contributed by atoms with Crippen LogP contribution in [0, 0.1) is 5.92 Å². The highest BCUT2D eigenvalue weighted by Crippen LogP contribution is 2.45. The van der Waals surface area contributed by atoms with Crippen molar-refractivity contribution in [3.8, 4) is 0 Å². The number of anilines is 2. The number of piperazine rings is 1. The van der Waals surface area contributed by atoms with Crippen LogP contribution in [0.15, 0.2) is 35.4 Å². The maximum absolute atomic E-state index is 12.4. The lowest BCUT2D eigenvalue weighted by Crippen LogP contribution is -2.49. The number of carbonyl (C=O) groups excluding carboxylic acids is 2. The summed E-state index contributed by atoms with van der Waals surface area (Å²) in [5.74, 6) is -0.298. The smallest absolute Gasteiger partial charge is 0.265 e. The van der Waals surface area contributed by atoms with Crippen LogP contribution in [0.25, 0.3) is 0 Å². The largest absolute Gasteiger partial charge is 0.369 e. The Morgan fingerprint density at radius 1 is 1.00 bits per heavy atom. The normalized spacial score (nSPS) is 23.7. The number of hydrogen-bond donors (Lipinski definition) is 3. The minimum Gasteiger partial charge on any atom is -0.369 e. The van der Waals surface area contributed by atoms with Gasteiger partial charge in [-0.2, -0.15) is 0 Å². The zero-order valence-corrected chi connectivity index (χ0v) is 20.7. The molecule has 3 aliphatic heterocycles. The number of primary amides is 2. The molecule has 2 amide bonds. The second-order valence-corrected chi connectivity index (χ2v) is 10.8. The fourth-order valence-electron chi connectivity index (χ4n) is 4.98. The average Bonchev–Trinajstić information content (AvgIpc) is 3.25. The zero-order valence-electron chi connectivity index (χ0n) is 19.0. The molecular formula is C22H32N6O4S2. The summed E-state index contributed by atoms with van der Waals surface area (Å²) in [7, 11) is 0. The van der Waals surface area contributed by atoms with E-state index in [4.69, 9.17) is 11.5 Å². The number of benzene rings is 1. The third-order valence-electron chi connectivity index (χ3n) is 6.65. The molecule has 0 saturated carbocycles. The number of thioether (sulfide) groups is 1. The second-order valence-electron chi connectivity index (χ2n) is 8.89. The van der Waals surface area contributed by atoms with Gasteiger partial charge in [0, 0.05) is 31.6 Å². The standard InChI is InChI=1S/C22H32N6O4S2/c23-20(29)13-25-9-11-27(12-10-25)17-3-1-2-4-18(17)28-19(21(24)30)14-33-22(28)16-5-7-26(8-6-16)15-34(31)32/h1-4,14,16,22H,5-13,15H2,(H2,23,29)(H2,24,30)(H,31,32). The Balaban J connectivity index is 1.54. The summed E-state index contributed by atoms with van der Waals surface area (Å²) in [6.45, 7) is 4.73. The summed E-state index contributed by atoms with van der Waals surface area (Å²) < 4.78 is 20.4. The van der Waals surface area contributed by atoms with Crippen molar-refractivity contribution >= 4 is 46.0 Å². The van der Waals surface area contributed by atoms with E-state index in [1.54, 1.807) is 11.8 Å². The quantitative estimate of drug-likeness (QED) is 0.426. The van der Waals surface area contributed by atoms with E-state index in [1.165, 1.54) is 0 Å². The number of piperidine rings is 1. The summed E-state index contributed by atoms with van der Waals surface area (Å²) in [6, 6.07) is 8.07. The minimum atomic E-state index is -1.83. The number of nitrogens with zero attached hydrogens (tertiary/aromatic N) is 4. The van der Waals surface area contributed by atoms with E-state index in [9.17, 15) is 18.4 Å². The van der Waals surface area contributed by atoms with Crippen LogP contribution in [0.5, 0.6) is 0 Å². The van der Waals surface area contributed by atoms with Crippen LogP contribution < -0.4 is 21.3 Å². The molecule has 2 saturated heterocycles. The van der Waals surface area contributed by atoms with Crippen LogP contribution in [0.4, 0.5) is 11.4 Å². The van der Waals surface area contributed by atoms with Crippen LogP contribution in [0.2, 0.25) is 0 Å². The van der Waals surface area contributed by atoms with E-state index >= 15 is 0 Å². The first-order chi connectivity index (χ1) is 16.3. The van der Waals surface area contributed by atoms with Gasteiger partial charge in [-0.05, 0) is 44.0 Å².